The lowest BCUT2D eigenvalue weighted by Gasteiger charge is -2.20. The van der Waals surface area contributed by atoms with Gasteiger partial charge >= 0.3 is 6.18 Å². The Bertz CT molecular complexity index is 586. The van der Waals surface area contributed by atoms with Crippen molar-refractivity contribution in [2.45, 2.75) is 12.2 Å². The Balaban J connectivity index is 2.57. The maximum atomic E-state index is 13.3. The highest BCUT2D eigenvalue weighted by Gasteiger charge is 2.36. The van der Waals surface area contributed by atoms with Crippen molar-refractivity contribution in [3.8, 4) is 0 Å². The number of alkyl halides is 3. The minimum Gasteiger partial charge on any atom is -0.271 e. The zero-order valence-corrected chi connectivity index (χ0v) is 10.0. The third-order valence-electron chi connectivity index (χ3n) is 2.68. The van der Waals surface area contributed by atoms with Crippen molar-refractivity contribution in [3.63, 3.8) is 0 Å². The average molecular weight is 286 g/mol. The number of hydrazine groups is 1. The Kier molecular flexibility index (Phi) is 3.96. The van der Waals surface area contributed by atoms with Crippen LogP contribution >= 0.6 is 0 Å². The first kappa shape index (κ1) is 14.4. The van der Waals surface area contributed by atoms with Crippen LogP contribution in [0.1, 0.15) is 22.9 Å². The van der Waals surface area contributed by atoms with Crippen molar-refractivity contribution in [1.82, 2.24) is 15.4 Å². The molecule has 0 aliphatic rings. The van der Waals surface area contributed by atoms with E-state index in [1.165, 1.54) is 18.6 Å². The summed E-state index contributed by atoms with van der Waals surface area (Å²) in [6, 6.07) is 1.08. The highest BCUT2D eigenvalue weighted by atomic mass is 19.4. The maximum Gasteiger partial charge on any atom is 0.416 e. The van der Waals surface area contributed by atoms with Crippen molar-refractivity contribution < 1.29 is 17.6 Å². The van der Waals surface area contributed by atoms with Crippen LogP contribution in [0.5, 0.6) is 0 Å². The van der Waals surface area contributed by atoms with Gasteiger partial charge in [0.25, 0.3) is 0 Å². The molecule has 0 aliphatic heterocycles. The molecule has 1 aromatic heterocycles. The van der Waals surface area contributed by atoms with Crippen molar-refractivity contribution in [3.05, 3.63) is 59.4 Å². The van der Waals surface area contributed by atoms with Crippen LogP contribution in [0, 0.1) is 5.82 Å². The van der Waals surface area contributed by atoms with Crippen LogP contribution in [-0.2, 0) is 6.18 Å². The summed E-state index contributed by atoms with van der Waals surface area (Å²) in [7, 11) is 0. The molecule has 0 bridgehead atoms. The van der Waals surface area contributed by atoms with Gasteiger partial charge in [0.1, 0.15) is 5.82 Å². The number of hydrogen-bond donors (Lipinski definition) is 2. The highest BCUT2D eigenvalue weighted by molar-refractivity contribution is 5.36. The molecule has 2 aromatic rings. The fourth-order valence-corrected chi connectivity index (χ4v) is 1.82. The predicted molar refractivity (Wildman–Crippen MR) is 62.6 cm³/mol. The number of halogens is 4. The Hall–Kier alpha value is -2.06. The molecule has 0 spiro atoms. The number of nitrogens with zero attached hydrogens (tertiary/aromatic N) is 2. The van der Waals surface area contributed by atoms with Crippen LogP contribution in [0.15, 0.2) is 36.8 Å². The van der Waals surface area contributed by atoms with Gasteiger partial charge in [-0.1, -0.05) is 0 Å². The van der Waals surface area contributed by atoms with E-state index in [0.29, 0.717) is 6.07 Å². The number of nitrogens with two attached hydrogens (primary N) is 1. The molecule has 0 saturated carbocycles. The first-order chi connectivity index (χ1) is 9.43. The third kappa shape index (κ3) is 2.91. The molecule has 0 amide bonds. The van der Waals surface area contributed by atoms with Crippen molar-refractivity contribution >= 4 is 0 Å². The van der Waals surface area contributed by atoms with E-state index >= 15 is 0 Å². The van der Waals surface area contributed by atoms with Gasteiger partial charge in [-0.3, -0.25) is 15.8 Å². The molecule has 1 heterocycles. The van der Waals surface area contributed by atoms with Crippen molar-refractivity contribution in [2.75, 3.05) is 0 Å². The Morgan fingerprint density at radius 3 is 2.50 bits per heavy atom. The summed E-state index contributed by atoms with van der Waals surface area (Å²) in [4.78, 5) is 7.64. The first-order valence-corrected chi connectivity index (χ1v) is 5.52. The molecule has 1 atom stereocenters. The van der Waals surface area contributed by atoms with Crippen LogP contribution < -0.4 is 11.3 Å². The average Bonchev–Trinajstić information content (AvgIpc) is 2.39. The summed E-state index contributed by atoms with van der Waals surface area (Å²) in [5, 5.41) is 0. The molecule has 106 valence electrons. The minimum absolute atomic E-state index is 0.158. The van der Waals surface area contributed by atoms with E-state index in [0.717, 1.165) is 12.1 Å². The summed E-state index contributed by atoms with van der Waals surface area (Å²) in [5.41, 5.74) is 1.04. The summed E-state index contributed by atoms with van der Waals surface area (Å²) < 4.78 is 52.2. The number of rotatable bonds is 3. The molecular weight excluding hydrogens is 276 g/mol. The lowest BCUT2D eigenvalue weighted by atomic mass is 9.98. The van der Waals surface area contributed by atoms with Gasteiger partial charge in [-0.05, 0) is 23.8 Å². The van der Waals surface area contributed by atoms with E-state index in [-0.39, 0.29) is 11.3 Å². The molecule has 20 heavy (non-hydrogen) atoms. The fraction of sp³-hybridized carbons (Fsp3) is 0.167. The van der Waals surface area contributed by atoms with Gasteiger partial charge in [0.05, 0.1) is 23.5 Å². The Morgan fingerprint density at radius 2 is 1.95 bits per heavy atom. The van der Waals surface area contributed by atoms with E-state index in [9.17, 15) is 17.6 Å². The maximum absolute atomic E-state index is 13.3. The lowest BCUT2D eigenvalue weighted by molar-refractivity contribution is -0.138. The molecule has 0 fully saturated rings. The molecule has 0 aliphatic carbocycles. The van der Waals surface area contributed by atoms with E-state index in [2.05, 4.69) is 15.4 Å². The summed E-state index contributed by atoms with van der Waals surface area (Å²) in [5.74, 6) is 4.50. The lowest BCUT2D eigenvalue weighted by Crippen LogP contribution is -2.31. The fourth-order valence-electron chi connectivity index (χ4n) is 1.82. The van der Waals surface area contributed by atoms with Crippen molar-refractivity contribution in [1.29, 1.82) is 0 Å². The zero-order valence-electron chi connectivity index (χ0n) is 10.0. The van der Waals surface area contributed by atoms with Crippen LogP contribution in [0.25, 0.3) is 0 Å². The van der Waals surface area contributed by atoms with Gasteiger partial charge in [-0.15, -0.1) is 0 Å². The van der Waals surface area contributed by atoms with E-state index in [1.807, 2.05) is 0 Å². The van der Waals surface area contributed by atoms with E-state index in [4.69, 9.17) is 5.84 Å². The Labute approximate surface area is 111 Å². The standard InChI is InChI=1S/C12H10F4N4/c13-7-1-2-9(12(14,15)16)8(5-7)11(20-17)10-6-18-3-4-19-10/h1-6,11,20H,17H2. The molecule has 0 saturated heterocycles. The summed E-state index contributed by atoms with van der Waals surface area (Å²) in [6.07, 6.45) is -0.685. The number of hydrogen-bond acceptors (Lipinski definition) is 4. The van der Waals surface area contributed by atoms with Gasteiger partial charge in [-0.25, -0.2) is 9.82 Å². The normalized spacial score (nSPS) is 13.2. The second-order valence-electron chi connectivity index (χ2n) is 3.96. The predicted octanol–water partition coefficient (Wildman–Crippen LogP) is 2.19. The minimum atomic E-state index is -4.62. The third-order valence-corrected chi connectivity index (χ3v) is 2.68. The first-order valence-electron chi connectivity index (χ1n) is 5.52. The zero-order chi connectivity index (χ0) is 14.8. The van der Waals surface area contributed by atoms with Crippen LogP contribution in [-0.4, -0.2) is 9.97 Å². The molecule has 4 nitrogen and oxygen atoms in total. The molecule has 2 rings (SSSR count). The summed E-state index contributed by atoms with van der Waals surface area (Å²) in [6.45, 7) is 0. The topological polar surface area (TPSA) is 63.8 Å². The number of aromatic nitrogens is 2. The van der Waals surface area contributed by atoms with Gasteiger partial charge in [0.2, 0.25) is 0 Å². The van der Waals surface area contributed by atoms with Gasteiger partial charge < -0.3 is 0 Å². The van der Waals surface area contributed by atoms with Crippen LogP contribution in [0.4, 0.5) is 17.6 Å². The van der Waals surface area contributed by atoms with E-state index in [1.54, 1.807) is 0 Å². The van der Waals surface area contributed by atoms with Gasteiger partial charge in [0, 0.05) is 12.4 Å². The highest BCUT2D eigenvalue weighted by Crippen LogP contribution is 2.36. The van der Waals surface area contributed by atoms with Crippen LogP contribution in [0.2, 0.25) is 0 Å². The largest absolute Gasteiger partial charge is 0.416 e. The van der Waals surface area contributed by atoms with Gasteiger partial charge in [-0.2, -0.15) is 13.2 Å². The van der Waals surface area contributed by atoms with E-state index < -0.39 is 23.6 Å². The molecular formula is C12H10F4N4. The molecule has 0 radical (unpaired) electrons. The number of benzene rings is 1. The number of nitrogens with one attached hydrogen (secondary N) is 1. The molecule has 1 aromatic carbocycles. The second kappa shape index (κ2) is 5.51. The SMILES string of the molecule is NNC(c1cnccn1)c1cc(F)ccc1C(F)(F)F. The molecule has 3 N–H and O–H groups in total. The molecule has 1 unspecified atom stereocenters. The molecule has 8 heteroatoms. The van der Waals surface area contributed by atoms with Gasteiger partial charge in [0.15, 0.2) is 0 Å². The Morgan fingerprint density at radius 1 is 1.20 bits per heavy atom. The second-order valence-corrected chi connectivity index (χ2v) is 3.96. The summed E-state index contributed by atoms with van der Waals surface area (Å²) >= 11 is 0. The smallest absolute Gasteiger partial charge is 0.271 e. The van der Waals surface area contributed by atoms with Crippen LogP contribution in [0.3, 0.4) is 0 Å². The quantitative estimate of drug-likeness (QED) is 0.516. The van der Waals surface area contributed by atoms with Crippen molar-refractivity contribution in [2.24, 2.45) is 5.84 Å². The monoisotopic (exact) mass is 286 g/mol.